The lowest BCUT2D eigenvalue weighted by molar-refractivity contribution is 0.119. The Morgan fingerprint density at radius 1 is 1.33 bits per heavy atom. The van der Waals surface area contributed by atoms with E-state index in [9.17, 15) is 5.11 Å². The molecular formula is C13H17BrO. The van der Waals surface area contributed by atoms with Gasteiger partial charge in [0.1, 0.15) is 0 Å². The molecule has 15 heavy (non-hydrogen) atoms. The molecule has 0 amide bonds. The van der Waals surface area contributed by atoms with Gasteiger partial charge in [0.05, 0.1) is 6.61 Å². The van der Waals surface area contributed by atoms with Gasteiger partial charge in [-0.3, -0.25) is 0 Å². The van der Waals surface area contributed by atoms with E-state index >= 15 is 0 Å². The number of benzene rings is 1. The van der Waals surface area contributed by atoms with Crippen molar-refractivity contribution in [1.29, 1.82) is 0 Å². The summed E-state index contributed by atoms with van der Waals surface area (Å²) in [6.45, 7) is 4.53. The Balaban J connectivity index is 2.49. The van der Waals surface area contributed by atoms with Gasteiger partial charge in [0, 0.05) is 9.89 Å². The molecule has 1 fully saturated rings. The summed E-state index contributed by atoms with van der Waals surface area (Å²) in [5.41, 5.74) is 3.95. The third-order valence-electron chi connectivity index (χ3n) is 3.76. The Morgan fingerprint density at radius 2 is 2.00 bits per heavy atom. The molecule has 0 atom stereocenters. The van der Waals surface area contributed by atoms with Crippen molar-refractivity contribution < 1.29 is 5.11 Å². The van der Waals surface area contributed by atoms with Gasteiger partial charge in [-0.25, -0.2) is 0 Å². The van der Waals surface area contributed by atoms with Crippen LogP contribution in [0.4, 0.5) is 0 Å². The number of halogens is 1. The molecule has 1 aliphatic rings. The van der Waals surface area contributed by atoms with E-state index in [0.717, 1.165) is 12.8 Å². The first-order valence-electron chi connectivity index (χ1n) is 5.48. The van der Waals surface area contributed by atoms with Gasteiger partial charge < -0.3 is 5.11 Å². The van der Waals surface area contributed by atoms with E-state index in [1.165, 1.54) is 27.6 Å². The van der Waals surface area contributed by atoms with Crippen LogP contribution in [0.1, 0.15) is 36.0 Å². The van der Waals surface area contributed by atoms with E-state index in [-0.39, 0.29) is 12.0 Å². The van der Waals surface area contributed by atoms with E-state index in [4.69, 9.17) is 0 Å². The molecule has 2 rings (SSSR count). The first-order chi connectivity index (χ1) is 7.10. The van der Waals surface area contributed by atoms with E-state index in [0.29, 0.717) is 0 Å². The highest BCUT2D eigenvalue weighted by atomic mass is 79.9. The molecule has 0 unspecified atom stereocenters. The highest BCUT2D eigenvalue weighted by Gasteiger charge is 2.39. The second kappa shape index (κ2) is 3.91. The largest absolute Gasteiger partial charge is 0.395 e. The lowest BCUT2D eigenvalue weighted by Gasteiger charge is -2.42. The summed E-state index contributed by atoms with van der Waals surface area (Å²) in [5.74, 6) is 0. The highest BCUT2D eigenvalue weighted by molar-refractivity contribution is 9.10. The molecule has 1 aromatic carbocycles. The first kappa shape index (κ1) is 11.2. The van der Waals surface area contributed by atoms with Crippen molar-refractivity contribution in [2.75, 3.05) is 6.61 Å². The summed E-state index contributed by atoms with van der Waals surface area (Å²) >= 11 is 3.62. The van der Waals surface area contributed by atoms with Crippen molar-refractivity contribution >= 4 is 15.9 Å². The average molecular weight is 269 g/mol. The Kier molecular flexibility index (Phi) is 2.91. The SMILES string of the molecule is Cc1ccc(C2(CO)CCC2)c(C)c1Br. The summed E-state index contributed by atoms with van der Waals surface area (Å²) in [7, 11) is 0. The molecule has 0 aliphatic heterocycles. The minimum atomic E-state index is 0.0559. The molecule has 82 valence electrons. The Bertz CT molecular complexity index is 375. The smallest absolute Gasteiger partial charge is 0.0528 e. The fourth-order valence-electron chi connectivity index (χ4n) is 2.51. The number of aryl methyl sites for hydroxylation is 1. The average Bonchev–Trinajstić information content (AvgIpc) is 2.17. The van der Waals surface area contributed by atoms with E-state index < -0.39 is 0 Å². The summed E-state index contributed by atoms with van der Waals surface area (Å²) in [6.07, 6.45) is 3.49. The molecule has 0 bridgehead atoms. The van der Waals surface area contributed by atoms with Crippen LogP contribution in [0.2, 0.25) is 0 Å². The van der Waals surface area contributed by atoms with Crippen LogP contribution in [0.25, 0.3) is 0 Å². The lowest BCUT2D eigenvalue weighted by atomic mass is 9.64. The zero-order valence-corrected chi connectivity index (χ0v) is 10.9. The Morgan fingerprint density at radius 3 is 2.47 bits per heavy atom. The Hall–Kier alpha value is -0.340. The fraction of sp³-hybridized carbons (Fsp3) is 0.538. The lowest BCUT2D eigenvalue weighted by Crippen LogP contribution is -2.38. The van der Waals surface area contributed by atoms with Crippen molar-refractivity contribution in [3.63, 3.8) is 0 Å². The molecule has 1 saturated carbocycles. The molecule has 0 saturated heterocycles. The van der Waals surface area contributed by atoms with Crippen LogP contribution in [-0.4, -0.2) is 11.7 Å². The van der Waals surface area contributed by atoms with Crippen LogP contribution in [0.15, 0.2) is 16.6 Å². The van der Waals surface area contributed by atoms with E-state index in [1.54, 1.807) is 0 Å². The second-order valence-electron chi connectivity index (χ2n) is 4.66. The first-order valence-corrected chi connectivity index (χ1v) is 6.27. The van der Waals surface area contributed by atoms with Crippen molar-refractivity contribution in [3.05, 3.63) is 33.3 Å². The van der Waals surface area contributed by atoms with Crippen molar-refractivity contribution in [2.24, 2.45) is 0 Å². The molecular weight excluding hydrogens is 252 g/mol. The van der Waals surface area contributed by atoms with Gasteiger partial charge in [0.25, 0.3) is 0 Å². The summed E-state index contributed by atoms with van der Waals surface area (Å²) in [6, 6.07) is 4.33. The van der Waals surface area contributed by atoms with Gasteiger partial charge in [-0.1, -0.05) is 34.5 Å². The van der Waals surface area contributed by atoms with E-state index in [1.807, 2.05) is 0 Å². The quantitative estimate of drug-likeness (QED) is 0.871. The standard InChI is InChI=1S/C13H17BrO/c1-9-4-5-11(10(2)12(9)14)13(8-15)6-3-7-13/h4-5,15H,3,6-8H2,1-2H3. The fourth-order valence-corrected chi connectivity index (χ4v) is 2.86. The molecule has 0 radical (unpaired) electrons. The topological polar surface area (TPSA) is 20.2 Å². The molecule has 0 heterocycles. The zero-order chi connectivity index (χ0) is 11.1. The van der Waals surface area contributed by atoms with Crippen LogP contribution >= 0.6 is 15.9 Å². The number of aliphatic hydroxyl groups is 1. The van der Waals surface area contributed by atoms with Crippen molar-refractivity contribution in [2.45, 2.75) is 38.5 Å². The molecule has 2 heteroatoms. The number of hydrogen-bond donors (Lipinski definition) is 1. The normalized spacial score (nSPS) is 18.7. The van der Waals surface area contributed by atoms with Gasteiger partial charge in [-0.2, -0.15) is 0 Å². The van der Waals surface area contributed by atoms with Gasteiger partial charge in [0.15, 0.2) is 0 Å². The summed E-state index contributed by atoms with van der Waals surface area (Å²) in [5, 5.41) is 9.56. The van der Waals surface area contributed by atoms with Crippen molar-refractivity contribution in [3.8, 4) is 0 Å². The maximum Gasteiger partial charge on any atom is 0.0528 e. The minimum absolute atomic E-state index is 0.0559. The molecule has 1 aliphatic carbocycles. The van der Waals surface area contributed by atoms with Gasteiger partial charge >= 0.3 is 0 Å². The maximum absolute atomic E-state index is 9.56. The second-order valence-corrected chi connectivity index (χ2v) is 5.45. The predicted molar refractivity (Wildman–Crippen MR) is 66.2 cm³/mol. The number of rotatable bonds is 2. The van der Waals surface area contributed by atoms with Gasteiger partial charge in [-0.05, 0) is 43.4 Å². The molecule has 1 nitrogen and oxygen atoms in total. The molecule has 1 aromatic rings. The third kappa shape index (κ3) is 1.64. The Labute approximate surface area is 99.6 Å². The molecule has 1 N–H and O–H groups in total. The van der Waals surface area contributed by atoms with Gasteiger partial charge in [0.2, 0.25) is 0 Å². The van der Waals surface area contributed by atoms with Crippen LogP contribution < -0.4 is 0 Å². The summed E-state index contributed by atoms with van der Waals surface area (Å²) < 4.78 is 1.19. The van der Waals surface area contributed by atoms with Crippen LogP contribution in [0, 0.1) is 13.8 Å². The van der Waals surface area contributed by atoms with Crippen molar-refractivity contribution in [1.82, 2.24) is 0 Å². The minimum Gasteiger partial charge on any atom is -0.395 e. The van der Waals surface area contributed by atoms with Crippen LogP contribution in [0.3, 0.4) is 0 Å². The summed E-state index contributed by atoms with van der Waals surface area (Å²) in [4.78, 5) is 0. The van der Waals surface area contributed by atoms with Crippen LogP contribution in [-0.2, 0) is 5.41 Å². The third-order valence-corrected chi connectivity index (χ3v) is 4.98. The zero-order valence-electron chi connectivity index (χ0n) is 9.31. The maximum atomic E-state index is 9.56. The molecule has 0 aromatic heterocycles. The van der Waals surface area contributed by atoms with E-state index in [2.05, 4.69) is 41.9 Å². The number of hydrogen-bond acceptors (Lipinski definition) is 1. The predicted octanol–water partition coefficient (Wildman–Crippen LogP) is 3.48. The monoisotopic (exact) mass is 268 g/mol. The molecule has 0 spiro atoms. The highest BCUT2D eigenvalue weighted by Crippen LogP contribution is 2.45. The van der Waals surface area contributed by atoms with Crippen LogP contribution in [0.5, 0.6) is 0 Å². The van der Waals surface area contributed by atoms with Gasteiger partial charge in [-0.15, -0.1) is 0 Å². The number of aliphatic hydroxyl groups excluding tert-OH is 1.